The van der Waals surface area contributed by atoms with Crippen molar-refractivity contribution in [1.29, 1.82) is 0 Å². The van der Waals surface area contributed by atoms with Crippen molar-refractivity contribution >= 4 is 44.5 Å². The van der Waals surface area contributed by atoms with Gasteiger partial charge in [-0.15, -0.1) is 0 Å². The molecule has 0 aliphatic carbocycles. The zero-order chi connectivity index (χ0) is 21.3. The number of likely N-dealkylation sites (N-methyl/N-ethyl adjacent to an activating group) is 1. The number of carbonyl (C=O) groups excluding carboxylic acids is 2. The molecule has 3 heterocycles. The number of anilines is 1. The third-order valence-corrected chi connectivity index (χ3v) is 6.03. The normalized spacial score (nSPS) is 16.1. The fourth-order valence-electron chi connectivity index (χ4n) is 3.72. The SMILES string of the molecule is CC(=O)N(C)[C@H]1CCN(C(=O)c2ccc(NCc3cc(Br)cc4[nH]ncc34)nc2)C1. The van der Waals surface area contributed by atoms with Gasteiger partial charge >= 0.3 is 0 Å². The molecular weight excluding hydrogens is 448 g/mol. The second-order valence-electron chi connectivity index (χ2n) is 7.51. The number of hydrogen-bond donors (Lipinski definition) is 2. The lowest BCUT2D eigenvalue weighted by atomic mass is 10.1. The number of fused-ring (bicyclic) bond motifs is 1. The first-order valence-corrected chi connectivity index (χ1v) is 10.6. The number of carbonyl (C=O) groups is 2. The Labute approximate surface area is 182 Å². The van der Waals surface area contributed by atoms with E-state index in [0.29, 0.717) is 31.0 Å². The number of rotatable bonds is 5. The first-order chi connectivity index (χ1) is 14.4. The molecule has 0 saturated carbocycles. The van der Waals surface area contributed by atoms with Crippen molar-refractivity contribution in [2.75, 3.05) is 25.5 Å². The van der Waals surface area contributed by atoms with Crippen molar-refractivity contribution in [1.82, 2.24) is 25.0 Å². The average molecular weight is 471 g/mol. The fraction of sp³-hybridized carbons (Fsp3) is 0.333. The summed E-state index contributed by atoms with van der Waals surface area (Å²) in [5.74, 6) is 0.656. The number of nitrogens with one attached hydrogen (secondary N) is 2. The van der Waals surface area contributed by atoms with Crippen molar-refractivity contribution in [3.05, 3.63) is 52.3 Å². The molecular formula is C21H23BrN6O2. The second-order valence-corrected chi connectivity index (χ2v) is 8.42. The van der Waals surface area contributed by atoms with Crippen LogP contribution in [-0.4, -0.2) is 63.0 Å². The van der Waals surface area contributed by atoms with Gasteiger partial charge in [-0.05, 0) is 36.2 Å². The molecule has 3 aromatic rings. The quantitative estimate of drug-likeness (QED) is 0.597. The van der Waals surface area contributed by atoms with Crippen molar-refractivity contribution in [3.63, 3.8) is 0 Å². The zero-order valence-electron chi connectivity index (χ0n) is 16.9. The highest BCUT2D eigenvalue weighted by atomic mass is 79.9. The number of pyridine rings is 1. The summed E-state index contributed by atoms with van der Waals surface area (Å²) in [6.07, 6.45) is 4.20. The largest absolute Gasteiger partial charge is 0.366 e. The van der Waals surface area contributed by atoms with E-state index in [4.69, 9.17) is 0 Å². The molecule has 30 heavy (non-hydrogen) atoms. The molecule has 1 aromatic carbocycles. The van der Waals surface area contributed by atoms with E-state index < -0.39 is 0 Å². The average Bonchev–Trinajstić information content (AvgIpc) is 3.41. The van der Waals surface area contributed by atoms with Crippen LogP contribution in [-0.2, 0) is 11.3 Å². The molecule has 156 valence electrons. The Hall–Kier alpha value is -2.94. The molecule has 1 aliphatic heterocycles. The number of amides is 2. The third-order valence-electron chi connectivity index (χ3n) is 5.57. The predicted molar refractivity (Wildman–Crippen MR) is 118 cm³/mol. The second kappa shape index (κ2) is 8.43. The first-order valence-electron chi connectivity index (χ1n) is 9.76. The Kier molecular flexibility index (Phi) is 5.72. The van der Waals surface area contributed by atoms with Crippen LogP contribution >= 0.6 is 15.9 Å². The number of benzene rings is 1. The lowest BCUT2D eigenvalue weighted by Crippen LogP contribution is -2.38. The number of halogens is 1. The summed E-state index contributed by atoms with van der Waals surface area (Å²) in [6, 6.07) is 7.71. The van der Waals surface area contributed by atoms with E-state index in [-0.39, 0.29) is 17.9 Å². The number of likely N-dealkylation sites (tertiary alicyclic amines) is 1. The van der Waals surface area contributed by atoms with Crippen LogP contribution in [0, 0.1) is 0 Å². The van der Waals surface area contributed by atoms with E-state index in [1.165, 1.54) is 0 Å². The van der Waals surface area contributed by atoms with Crippen LogP contribution in [0.3, 0.4) is 0 Å². The topological polar surface area (TPSA) is 94.2 Å². The van der Waals surface area contributed by atoms with E-state index in [1.807, 2.05) is 18.2 Å². The summed E-state index contributed by atoms with van der Waals surface area (Å²) in [6.45, 7) is 3.33. The fourth-order valence-corrected chi connectivity index (χ4v) is 4.23. The van der Waals surface area contributed by atoms with Gasteiger partial charge in [0, 0.05) is 49.7 Å². The van der Waals surface area contributed by atoms with Gasteiger partial charge in [0.1, 0.15) is 5.82 Å². The van der Waals surface area contributed by atoms with Gasteiger partial charge < -0.3 is 15.1 Å². The maximum atomic E-state index is 12.8. The molecule has 0 radical (unpaired) electrons. The van der Waals surface area contributed by atoms with Crippen molar-refractivity contribution in [3.8, 4) is 0 Å². The summed E-state index contributed by atoms with van der Waals surface area (Å²) >= 11 is 3.52. The summed E-state index contributed by atoms with van der Waals surface area (Å²) in [5, 5.41) is 11.4. The molecule has 1 fully saturated rings. The molecule has 1 aliphatic rings. The minimum Gasteiger partial charge on any atom is -0.366 e. The molecule has 0 spiro atoms. The Morgan fingerprint density at radius 1 is 1.33 bits per heavy atom. The number of aromatic amines is 1. The molecule has 2 aromatic heterocycles. The summed E-state index contributed by atoms with van der Waals surface area (Å²) < 4.78 is 0.976. The van der Waals surface area contributed by atoms with E-state index >= 15 is 0 Å². The molecule has 4 rings (SSSR count). The Bertz CT molecular complexity index is 1080. The minimum absolute atomic E-state index is 0.0181. The Morgan fingerprint density at radius 3 is 2.90 bits per heavy atom. The molecule has 0 unspecified atom stereocenters. The van der Waals surface area contributed by atoms with Crippen LogP contribution in [0.4, 0.5) is 5.82 Å². The maximum absolute atomic E-state index is 12.8. The van der Waals surface area contributed by atoms with Crippen LogP contribution in [0.25, 0.3) is 10.9 Å². The summed E-state index contributed by atoms with van der Waals surface area (Å²) in [7, 11) is 1.78. The summed E-state index contributed by atoms with van der Waals surface area (Å²) in [4.78, 5) is 32.2. The number of H-pyrrole nitrogens is 1. The van der Waals surface area contributed by atoms with Gasteiger partial charge in [0.2, 0.25) is 5.91 Å². The van der Waals surface area contributed by atoms with Gasteiger partial charge in [-0.2, -0.15) is 5.10 Å². The Balaban J connectivity index is 1.39. The van der Waals surface area contributed by atoms with E-state index in [0.717, 1.165) is 27.4 Å². The monoisotopic (exact) mass is 470 g/mol. The zero-order valence-corrected chi connectivity index (χ0v) is 18.4. The van der Waals surface area contributed by atoms with Crippen LogP contribution in [0.2, 0.25) is 0 Å². The van der Waals surface area contributed by atoms with E-state index in [1.54, 1.807) is 42.2 Å². The molecule has 2 N–H and O–H groups in total. The van der Waals surface area contributed by atoms with Crippen LogP contribution < -0.4 is 5.32 Å². The smallest absolute Gasteiger partial charge is 0.255 e. The lowest BCUT2D eigenvalue weighted by molar-refractivity contribution is -0.129. The van der Waals surface area contributed by atoms with Crippen LogP contribution in [0.5, 0.6) is 0 Å². The van der Waals surface area contributed by atoms with Gasteiger partial charge in [0.05, 0.1) is 23.3 Å². The molecule has 2 amide bonds. The van der Waals surface area contributed by atoms with E-state index in [9.17, 15) is 9.59 Å². The standard InChI is InChI=1S/C21H23BrN6O2/c1-13(29)27(2)17-5-6-28(12-17)21(30)14-3-4-20(23-9-14)24-10-15-7-16(22)8-19-18(15)11-25-26-19/h3-4,7-9,11,17H,5-6,10,12H2,1-2H3,(H,23,24)(H,25,26)/t17-/m0/s1. The molecule has 1 atom stereocenters. The van der Waals surface area contributed by atoms with Crippen molar-refractivity contribution in [2.24, 2.45) is 0 Å². The number of aromatic nitrogens is 3. The van der Waals surface area contributed by atoms with Gasteiger partial charge in [-0.25, -0.2) is 4.98 Å². The van der Waals surface area contributed by atoms with Gasteiger partial charge in [-0.3, -0.25) is 14.7 Å². The van der Waals surface area contributed by atoms with Crippen molar-refractivity contribution < 1.29 is 9.59 Å². The molecule has 1 saturated heterocycles. The highest BCUT2D eigenvalue weighted by Crippen LogP contribution is 2.23. The van der Waals surface area contributed by atoms with Crippen LogP contribution in [0.1, 0.15) is 29.3 Å². The predicted octanol–water partition coefficient (Wildman–Crippen LogP) is 3.03. The molecule has 8 nitrogen and oxygen atoms in total. The highest BCUT2D eigenvalue weighted by molar-refractivity contribution is 9.10. The summed E-state index contributed by atoms with van der Waals surface area (Å²) in [5.41, 5.74) is 2.61. The third kappa shape index (κ3) is 4.16. The minimum atomic E-state index is -0.0550. The van der Waals surface area contributed by atoms with E-state index in [2.05, 4.69) is 36.4 Å². The Morgan fingerprint density at radius 2 is 2.17 bits per heavy atom. The molecule has 9 heteroatoms. The van der Waals surface area contributed by atoms with Gasteiger partial charge in [-0.1, -0.05) is 15.9 Å². The highest BCUT2D eigenvalue weighted by Gasteiger charge is 2.30. The maximum Gasteiger partial charge on any atom is 0.255 e. The number of nitrogens with zero attached hydrogens (tertiary/aromatic N) is 4. The number of hydrogen-bond acceptors (Lipinski definition) is 5. The lowest BCUT2D eigenvalue weighted by Gasteiger charge is -2.23. The van der Waals surface area contributed by atoms with Gasteiger partial charge in [0.15, 0.2) is 0 Å². The molecule has 0 bridgehead atoms. The van der Waals surface area contributed by atoms with Gasteiger partial charge in [0.25, 0.3) is 5.91 Å². The van der Waals surface area contributed by atoms with Crippen LogP contribution in [0.15, 0.2) is 41.1 Å². The first kappa shape index (κ1) is 20.3. The van der Waals surface area contributed by atoms with Crippen molar-refractivity contribution in [2.45, 2.75) is 25.9 Å².